The zero-order chi connectivity index (χ0) is 15.6. The van der Waals surface area contributed by atoms with E-state index in [-0.39, 0.29) is 16.3 Å². The van der Waals surface area contributed by atoms with Crippen molar-refractivity contribution in [1.82, 2.24) is 4.31 Å². The van der Waals surface area contributed by atoms with E-state index < -0.39 is 22.0 Å². The summed E-state index contributed by atoms with van der Waals surface area (Å²) in [6.45, 7) is 0.323. The molecule has 0 amide bonds. The Kier molecular flexibility index (Phi) is 4.75. The van der Waals surface area contributed by atoms with Gasteiger partial charge in [0.25, 0.3) is 0 Å². The van der Waals surface area contributed by atoms with E-state index in [4.69, 9.17) is 21.4 Å². The molecule has 8 heteroatoms. The van der Waals surface area contributed by atoms with Gasteiger partial charge in [-0.05, 0) is 31.0 Å². The van der Waals surface area contributed by atoms with Gasteiger partial charge in [0, 0.05) is 12.6 Å². The first kappa shape index (κ1) is 16.1. The molecule has 6 nitrogen and oxygen atoms in total. The molecule has 0 aliphatic carbocycles. The molecule has 1 saturated heterocycles. The number of ether oxygens (including phenoxy) is 1. The number of methoxy groups -OCH3 is 1. The zero-order valence-corrected chi connectivity index (χ0v) is 13.0. The highest BCUT2D eigenvalue weighted by atomic mass is 35.5. The molecule has 1 aromatic rings. The van der Waals surface area contributed by atoms with E-state index >= 15 is 0 Å². The van der Waals surface area contributed by atoms with Gasteiger partial charge in [0.1, 0.15) is 5.75 Å². The third-order valence-corrected chi connectivity index (χ3v) is 5.71. The van der Waals surface area contributed by atoms with Gasteiger partial charge in [0.05, 0.1) is 23.4 Å². The second-order valence-corrected chi connectivity index (χ2v) is 7.10. The van der Waals surface area contributed by atoms with E-state index in [9.17, 15) is 13.2 Å². The highest BCUT2D eigenvalue weighted by Gasteiger charge is 2.36. The average Bonchev–Trinajstić information content (AvgIpc) is 2.86. The molecule has 0 aromatic heterocycles. The van der Waals surface area contributed by atoms with Crippen LogP contribution in [0, 0.1) is 0 Å². The number of hydrogen-bond acceptors (Lipinski definition) is 4. The van der Waals surface area contributed by atoms with E-state index in [2.05, 4.69) is 0 Å². The summed E-state index contributed by atoms with van der Waals surface area (Å²) in [5.74, 6) is -0.617. The van der Waals surface area contributed by atoms with Crippen LogP contribution in [0.25, 0.3) is 0 Å². The van der Waals surface area contributed by atoms with Gasteiger partial charge >= 0.3 is 5.97 Å². The fourth-order valence-electron chi connectivity index (χ4n) is 2.47. The maximum Gasteiger partial charge on any atom is 0.304 e. The van der Waals surface area contributed by atoms with Gasteiger partial charge in [0.2, 0.25) is 10.0 Å². The van der Waals surface area contributed by atoms with Crippen molar-refractivity contribution in [2.75, 3.05) is 13.7 Å². The van der Waals surface area contributed by atoms with Crippen molar-refractivity contribution in [3.63, 3.8) is 0 Å². The summed E-state index contributed by atoms with van der Waals surface area (Å²) >= 11 is 5.96. The van der Waals surface area contributed by atoms with Crippen LogP contribution < -0.4 is 4.74 Å². The number of rotatable bonds is 5. The van der Waals surface area contributed by atoms with Gasteiger partial charge in [-0.3, -0.25) is 4.79 Å². The van der Waals surface area contributed by atoms with Crippen LogP contribution in [0.15, 0.2) is 23.1 Å². The molecule has 1 unspecified atom stereocenters. The Labute approximate surface area is 128 Å². The molecule has 0 spiro atoms. The first-order valence-electron chi connectivity index (χ1n) is 6.43. The lowest BCUT2D eigenvalue weighted by Gasteiger charge is -2.23. The Morgan fingerprint density at radius 2 is 2.24 bits per heavy atom. The Hall–Kier alpha value is -1.31. The Bertz CT molecular complexity index is 646. The van der Waals surface area contributed by atoms with Gasteiger partial charge in [-0.1, -0.05) is 11.6 Å². The lowest BCUT2D eigenvalue weighted by molar-refractivity contribution is -0.137. The first-order chi connectivity index (χ1) is 9.86. The molecule has 116 valence electrons. The summed E-state index contributed by atoms with van der Waals surface area (Å²) in [7, 11) is -2.31. The number of benzene rings is 1. The van der Waals surface area contributed by atoms with Crippen molar-refractivity contribution < 1.29 is 23.1 Å². The van der Waals surface area contributed by atoms with Crippen molar-refractivity contribution >= 4 is 27.6 Å². The largest absolute Gasteiger partial charge is 0.495 e. The summed E-state index contributed by atoms with van der Waals surface area (Å²) in [6.07, 6.45) is 1.01. The van der Waals surface area contributed by atoms with E-state index in [1.807, 2.05) is 0 Å². The average molecular weight is 334 g/mol. The van der Waals surface area contributed by atoms with Crippen LogP contribution in [0.5, 0.6) is 5.75 Å². The lowest BCUT2D eigenvalue weighted by Crippen LogP contribution is -2.36. The normalized spacial score (nSPS) is 19.6. The van der Waals surface area contributed by atoms with Gasteiger partial charge in [-0.15, -0.1) is 0 Å². The minimum atomic E-state index is -3.75. The number of carbonyl (C=O) groups is 1. The maximum absolute atomic E-state index is 12.6. The molecule has 0 radical (unpaired) electrons. The van der Waals surface area contributed by atoms with Crippen molar-refractivity contribution in [2.24, 2.45) is 0 Å². The number of halogens is 1. The summed E-state index contributed by atoms with van der Waals surface area (Å²) in [4.78, 5) is 10.9. The number of nitrogens with zero attached hydrogens (tertiary/aromatic N) is 1. The molecule has 0 saturated carbocycles. The Morgan fingerprint density at radius 3 is 2.81 bits per heavy atom. The van der Waals surface area contributed by atoms with Gasteiger partial charge < -0.3 is 9.84 Å². The van der Waals surface area contributed by atoms with E-state index in [1.54, 1.807) is 0 Å². The van der Waals surface area contributed by atoms with Crippen LogP contribution in [-0.2, 0) is 14.8 Å². The van der Waals surface area contributed by atoms with Crippen LogP contribution in [0.1, 0.15) is 19.3 Å². The van der Waals surface area contributed by atoms with E-state index in [0.717, 1.165) is 0 Å². The third kappa shape index (κ3) is 3.30. The van der Waals surface area contributed by atoms with Crippen LogP contribution in [0.4, 0.5) is 0 Å². The number of carboxylic acids is 1. The van der Waals surface area contributed by atoms with Gasteiger partial charge in [-0.2, -0.15) is 4.31 Å². The maximum atomic E-state index is 12.6. The van der Waals surface area contributed by atoms with Crippen LogP contribution in [0.2, 0.25) is 5.02 Å². The Balaban J connectivity index is 2.32. The predicted octanol–water partition coefficient (Wildman–Crippen LogP) is 1.98. The predicted molar refractivity (Wildman–Crippen MR) is 77.2 cm³/mol. The highest BCUT2D eigenvalue weighted by molar-refractivity contribution is 7.89. The van der Waals surface area contributed by atoms with Crippen LogP contribution in [0.3, 0.4) is 0 Å². The minimum Gasteiger partial charge on any atom is -0.495 e. The van der Waals surface area contributed by atoms with Crippen molar-refractivity contribution in [3.8, 4) is 5.75 Å². The van der Waals surface area contributed by atoms with Crippen LogP contribution in [-0.4, -0.2) is 43.5 Å². The number of carboxylic acid groups (broad SMARTS) is 1. The zero-order valence-electron chi connectivity index (χ0n) is 11.5. The summed E-state index contributed by atoms with van der Waals surface area (Å²) in [6, 6.07) is 3.72. The van der Waals surface area contributed by atoms with Crippen molar-refractivity contribution in [2.45, 2.75) is 30.2 Å². The standard InChI is InChI=1S/C13H16ClNO5S/c1-20-12-5-4-10(8-11(12)14)21(18,19)15-6-2-3-9(15)7-13(16)17/h4-5,8-9H,2-3,6-7H2,1H3,(H,16,17). The second kappa shape index (κ2) is 6.21. The molecule has 1 fully saturated rings. The van der Waals surface area contributed by atoms with Crippen molar-refractivity contribution in [1.29, 1.82) is 0 Å². The molecule has 1 aliphatic heterocycles. The minimum absolute atomic E-state index is 0.0468. The van der Waals surface area contributed by atoms with E-state index in [1.165, 1.54) is 29.6 Å². The number of hydrogen-bond donors (Lipinski definition) is 1. The molecule has 1 heterocycles. The fraction of sp³-hybridized carbons (Fsp3) is 0.462. The quantitative estimate of drug-likeness (QED) is 0.890. The van der Waals surface area contributed by atoms with E-state index in [0.29, 0.717) is 25.1 Å². The first-order valence-corrected chi connectivity index (χ1v) is 8.25. The lowest BCUT2D eigenvalue weighted by atomic mass is 10.2. The topological polar surface area (TPSA) is 83.9 Å². The summed E-state index contributed by atoms with van der Waals surface area (Å²) in [5, 5.41) is 9.08. The summed E-state index contributed by atoms with van der Waals surface area (Å²) < 4.78 is 31.5. The molecular formula is C13H16ClNO5S. The van der Waals surface area contributed by atoms with Gasteiger partial charge in [-0.25, -0.2) is 8.42 Å². The molecule has 1 atom stereocenters. The molecule has 2 rings (SSSR count). The summed E-state index contributed by atoms with van der Waals surface area (Å²) in [5.41, 5.74) is 0. The monoisotopic (exact) mass is 333 g/mol. The fourth-order valence-corrected chi connectivity index (χ4v) is 4.52. The molecule has 1 N–H and O–H groups in total. The third-order valence-electron chi connectivity index (χ3n) is 3.46. The Morgan fingerprint density at radius 1 is 1.52 bits per heavy atom. The highest BCUT2D eigenvalue weighted by Crippen LogP contribution is 2.32. The molecule has 0 bridgehead atoms. The smallest absolute Gasteiger partial charge is 0.304 e. The molecule has 21 heavy (non-hydrogen) atoms. The molecule has 1 aliphatic rings. The van der Waals surface area contributed by atoms with Gasteiger partial charge in [0.15, 0.2) is 0 Å². The molecule has 1 aromatic carbocycles. The number of aliphatic carboxylic acids is 1. The van der Waals surface area contributed by atoms with Crippen molar-refractivity contribution in [3.05, 3.63) is 23.2 Å². The number of sulfonamides is 1. The second-order valence-electron chi connectivity index (χ2n) is 4.81. The molecular weight excluding hydrogens is 318 g/mol. The SMILES string of the molecule is COc1ccc(S(=O)(=O)N2CCCC2CC(=O)O)cc1Cl. The van der Waals surface area contributed by atoms with Crippen LogP contribution >= 0.6 is 11.6 Å².